The Balaban J connectivity index is 0.00000523. The maximum atomic E-state index is 14.4. The van der Waals surface area contributed by atoms with Crippen LogP contribution in [0.15, 0.2) is 127 Å². The number of nitrogens with two attached hydrogens (primary N) is 1. The highest BCUT2D eigenvalue weighted by molar-refractivity contribution is 6.21. The number of rotatable bonds is 11. The monoisotopic (exact) mass is 721 g/mol. The fourth-order valence-corrected chi connectivity index (χ4v) is 5.80. The van der Waals surface area contributed by atoms with Gasteiger partial charge in [-0.1, -0.05) is 84.9 Å². The molecule has 4 N–H and O–H groups in total. The van der Waals surface area contributed by atoms with E-state index in [1.54, 1.807) is 91.0 Å². The fraction of sp³-hybridized carbons (Fsp3) is 0.150. The predicted octanol–water partition coefficient (Wildman–Crippen LogP) is 6.99. The Morgan fingerprint density at radius 2 is 1.37 bits per heavy atom. The minimum atomic E-state index is -1.40. The van der Waals surface area contributed by atoms with Gasteiger partial charge in [-0.25, -0.2) is 9.18 Å². The molecule has 1 aliphatic rings. The van der Waals surface area contributed by atoms with E-state index in [0.717, 1.165) is 11.1 Å². The molecule has 6 rings (SSSR count). The zero-order valence-electron chi connectivity index (χ0n) is 28.0. The number of ether oxygens (including phenoxy) is 1. The maximum absolute atomic E-state index is 14.4. The van der Waals surface area contributed by atoms with Gasteiger partial charge in [-0.2, -0.15) is 0 Å². The van der Waals surface area contributed by atoms with Crippen molar-refractivity contribution >= 4 is 59.0 Å². The maximum Gasteiger partial charge on any atom is 0.411 e. The van der Waals surface area contributed by atoms with Crippen molar-refractivity contribution in [2.45, 2.75) is 32.7 Å². The van der Waals surface area contributed by atoms with Crippen LogP contribution in [0.25, 0.3) is 0 Å². The van der Waals surface area contributed by atoms with Crippen molar-refractivity contribution in [2.24, 2.45) is 11.7 Å². The van der Waals surface area contributed by atoms with E-state index in [-0.39, 0.29) is 37.7 Å². The van der Waals surface area contributed by atoms with E-state index < -0.39 is 42.0 Å². The summed E-state index contributed by atoms with van der Waals surface area (Å²) in [6, 6.07) is 36.4. The first-order chi connectivity index (χ1) is 24.8. The Hall–Kier alpha value is -6.04. The van der Waals surface area contributed by atoms with E-state index in [4.69, 9.17) is 10.5 Å². The lowest BCUT2D eigenvalue weighted by atomic mass is 10.0. The highest BCUT2D eigenvalue weighted by Gasteiger charge is 2.42. The summed E-state index contributed by atoms with van der Waals surface area (Å²) in [6.45, 7) is 0.395. The average molecular weight is 722 g/mol. The van der Waals surface area contributed by atoms with E-state index in [1.165, 1.54) is 15.9 Å². The fourth-order valence-electron chi connectivity index (χ4n) is 5.80. The minimum Gasteiger partial charge on any atom is -0.444 e. The predicted molar refractivity (Wildman–Crippen MR) is 199 cm³/mol. The summed E-state index contributed by atoms with van der Waals surface area (Å²) in [5.74, 6) is -3.60. The lowest BCUT2D eigenvalue weighted by Gasteiger charge is -2.26. The van der Waals surface area contributed by atoms with Crippen LogP contribution < -0.4 is 26.2 Å². The molecule has 1 heterocycles. The van der Waals surface area contributed by atoms with E-state index in [2.05, 4.69) is 10.6 Å². The molecule has 1 unspecified atom stereocenters. The van der Waals surface area contributed by atoms with Gasteiger partial charge < -0.3 is 20.7 Å². The molecule has 0 aromatic heterocycles. The second kappa shape index (κ2) is 17.3. The third-order valence-corrected chi connectivity index (χ3v) is 8.50. The Morgan fingerprint density at radius 3 is 2.06 bits per heavy atom. The van der Waals surface area contributed by atoms with Gasteiger partial charge in [0.15, 0.2) is 0 Å². The number of benzene rings is 5. The number of anilines is 4. The summed E-state index contributed by atoms with van der Waals surface area (Å²) in [4.78, 5) is 57.4. The zero-order chi connectivity index (χ0) is 35.7. The van der Waals surface area contributed by atoms with E-state index in [0.29, 0.717) is 34.9 Å². The van der Waals surface area contributed by atoms with Gasteiger partial charge in [0.25, 0.3) is 0 Å². The Kier molecular flexibility index (Phi) is 12.4. The van der Waals surface area contributed by atoms with Crippen LogP contribution in [-0.2, 0) is 45.4 Å². The van der Waals surface area contributed by atoms with Crippen LogP contribution in [0.5, 0.6) is 0 Å². The first-order valence-corrected chi connectivity index (χ1v) is 16.4. The molecular formula is C40H37ClFN5O5. The van der Waals surface area contributed by atoms with E-state index in [1.807, 2.05) is 30.3 Å². The second-order valence-electron chi connectivity index (χ2n) is 12.0. The molecule has 5 aromatic rings. The summed E-state index contributed by atoms with van der Waals surface area (Å²) in [6.07, 6.45) is -1.07. The topological polar surface area (TPSA) is 134 Å². The first kappa shape index (κ1) is 37.2. The summed E-state index contributed by atoms with van der Waals surface area (Å²) in [7, 11) is 0. The van der Waals surface area contributed by atoms with Crippen LogP contribution in [0.4, 0.5) is 31.9 Å². The summed E-state index contributed by atoms with van der Waals surface area (Å²) in [5, 5.41) is 5.37. The molecule has 0 saturated heterocycles. The van der Waals surface area contributed by atoms with Crippen LogP contribution in [0.2, 0.25) is 0 Å². The van der Waals surface area contributed by atoms with Crippen LogP contribution in [0, 0.1) is 11.7 Å². The minimum absolute atomic E-state index is 0. The van der Waals surface area contributed by atoms with Gasteiger partial charge in [0.2, 0.25) is 17.7 Å². The second-order valence-corrected chi connectivity index (χ2v) is 12.0. The molecule has 0 saturated carbocycles. The molecule has 10 nitrogen and oxygen atoms in total. The number of carbonyl (C=O) groups is 4. The molecule has 1 atom stereocenters. The smallest absolute Gasteiger partial charge is 0.411 e. The van der Waals surface area contributed by atoms with Gasteiger partial charge in [-0.15, -0.1) is 12.4 Å². The third-order valence-electron chi connectivity index (χ3n) is 8.50. The van der Waals surface area contributed by atoms with Crippen molar-refractivity contribution < 1.29 is 28.3 Å². The van der Waals surface area contributed by atoms with E-state index >= 15 is 0 Å². The molecule has 1 aliphatic heterocycles. The molecule has 0 fully saturated rings. The molecule has 5 aromatic carbocycles. The quantitative estimate of drug-likeness (QED) is 0.126. The number of hydrogen-bond donors (Lipinski definition) is 3. The molecule has 4 amide bonds. The van der Waals surface area contributed by atoms with Gasteiger partial charge in [0.05, 0.1) is 17.9 Å². The zero-order valence-corrected chi connectivity index (χ0v) is 28.9. The van der Waals surface area contributed by atoms with Gasteiger partial charge in [0.1, 0.15) is 18.3 Å². The average Bonchev–Trinajstić information content (AvgIpc) is 3.23. The highest BCUT2D eigenvalue weighted by Crippen LogP contribution is 2.40. The Labute approximate surface area is 306 Å². The normalized spacial score (nSPS) is 13.8. The van der Waals surface area contributed by atoms with Crippen LogP contribution in [0.3, 0.4) is 0 Å². The molecule has 12 heteroatoms. The summed E-state index contributed by atoms with van der Waals surface area (Å²) >= 11 is 0. The van der Waals surface area contributed by atoms with Crippen molar-refractivity contribution in [1.29, 1.82) is 0 Å². The van der Waals surface area contributed by atoms with Crippen LogP contribution >= 0.6 is 12.4 Å². The van der Waals surface area contributed by atoms with Crippen molar-refractivity contribution in [3.8, 4) is 0 Å². The molecule has 0 aliphatic carbocycles. The van der Waals surface area contributed by atoms with E-state index in [9.17, 15) is 23.6 Å². The van der Waals surface area contributed by atoms with Crippen molar-refractivity contribution in [2.75, 3.05) is 15.1 Å². The number of nitrogens with zero attached hydrogens (tertiary/aromatic N) is 2. The Morgan fingerprint density at radius 1 is 0.731 bits per heavy atom. The number of para-hydroxylation sites is 2. The molecule has 0 spiro atoms. The summed E-state index contributed by atoms with van der Waals surface area (Å²) < 4.78 is 19.6. The Bertz CT molecular complexity index is 2030. The van der Waals surface area contributed by atoms with Gasteiger partial charge in [-0.3, -0.25) is 24.6 Å². The number of fused-ring (bicyclic) bond motifs is 1. The largest absolute Gasteiger partial charge is 0.444 e. The molecular weight excluding hydrogens is 685 g/mol. The van der Waals surface area contributed by atoms with Gasteiger partial charge >= 0.3 is 6.09 Å². The number of nitrogens with one attached hydrogen (secondary N) is 2. The molecule has 0 radical (unpaired) electrons. The van der Waals surface area contributed by atoms with Crippen molar-refractivity contribution in [3.63, 3.8) is 0 Å². The molecule has 266 valence electrons. The summed E-state index contributed by atoms with van der Waals surface area (Å²) in [5.41, 5.74) is 10.5. The van der Waals surface area contributed by atoms with Crippen LogP contribution in [-0.4, -0.2) is 23.8 Å². The van der Waals surface area contributed by atoms with Gasteiger partial charge in [-0.05, 0) is 59.2 Å². The number of hydrogen-bond acceptors (Lipinski definition) is 6. The first-order valence-electron chi connectivity index (χ1n) is 16.4. The lowest BCUT2D eigenvalue weighted by molar-refractivity contribution is -0.136. The number of halogens is 2. The molecule has 0 bridgehead atoms. The van der Waals surface area contributed by atoms with Crippen molar-refractivity contribution in [3.05, 3.63) is 155 Å². The lowest BCUT2D eigenvalue weighted by Crippen LogP contribution is -2.43. The van der Waals surface area contributed by atoms with Crippen LogP contribution in [0.1, 0.15) is 28.7 Å². The third kappa shape index (κ3) is 8.81. The standard InChI is InChI=1S/C40H36FN5O5.ClH/c41-34-11-5-4-10-30(34)24-43-37(47)22-33-38(48)45(25-28-14-18-31(19-15-28)44-40(50)51-26-29-8-2-1-3-9-29)35-12-6-7-13-36(35)46(39(33)49)32-20-16-27(23-42)17-21-32;/h1-21,33H,22-26,42H2,(H,43,47)(H,44,50);1H. The van der Waals surface area contributed by atoms with Crippen molar-refractivity contribution in [1.82, 2.24) is 5.32 Å². The number of amides is 4. The highest BCUT2D eigenvalue weighted by atomic mass is 35.5. The number of carbonyl (C=O) groups excluding carboxylic acids is 4. The SMILES string of the molecule is Cl.NCc1ccc(N2C(=O)C(CC(=O)NCc3ccccc3F)C(=O)N(Cc3ccc(NC(=O)OCc4ccccc4)cc3)c3ccccc32)cc1. The van der Waals surface area contributed by atoms with Gasteiger partial charge in [0, 0.05) is 36.4 Å². The molecule has 52 heavy (non-hydrogen) atoms.